The Bertz CT molecular complexity index is 927. The molecule has 7 heteroatoms. The number of carbonyl (C=O) groups is 2. The van der Waals surface area contributed by atoms with Gasteiger partial charge in [-0.25, -0.2) is 9.40 Å². The van der Waals surface area contributed by atoms with Gasteiger partial charge in [-0.15, -0.1) is 0 Å². The number of hydrogen-bond donors (Lipinski definition) is 0. The third-order valence-electron chi connectivity index (χ3n) is 4.88. The molecule has 0 fully saturated rings. The van der Waals surface area contributed by atoms with Crippen LogP contribution in [0.5, 0.6) is 0 Å². The summed E-state index contributed by atoms with van der Waals surface area (Å²) in [5.74, 6) is -1.02. The Labute approximate surface area is 169 Å². The second kappa shape index (κ2) is 8.96. The normalized spacial score (nSPS) is 15.9. The number of ether oxygens (including phenoxy) is 1. The van der Waals surface area contributed by atoms with E-state index >= 15 is 0 Å². The van der Waals surface area contributed by atoms with Crippen LogP contribution in [-0.4, -0.2) is 54.7 Å². The molecule has 0 aliphatic carbocycles. The van der Waals surface area contributed by atoms with Crippen molar-refractivity contribution < 1.29 is 18.7 Å². The van der Waals surface area contributed by atoms with E-state index in [1.807, 2.05) is 31.2 Å². The van der Waals surface area contributed by atoms with Crippen LogP contribution in [-0.2, 0) is 14.3 Å². The van der Waals surface area contributed by atoms with Crippen molar-refractivity contribution in [2.45, 2.75) is 19.4 Å². The van der Waals surface area contributed by atoms with Crippen LogP contribution in [0.15, 0.2) is 53.6 Å². The summed E-state index contributed by atoms with van der Waals surface area (Å²) in [4.78, 5) is 26.2. The summed E-state index contributed by atoms with van der Waals surface area (Å²) in [5, 5.41) is 5.81. The molecule has 2 aromatic rings. The molecule has 0 saturated carbocycles. The largest absolute Gasteiger partial charge is 0.375 e. The molecule has 1 heterocycles. The first-order chi connectivity index (χ1) is 13.9. The molecule has 3 rings (SSSR count). The highest BCUT2D eigenvalue weighted by Crippen LogP contribution is 2.33. The zero-order valence-corrected chi connectivity index (χ0v) is 16.8. The first-order valence-electron chi connectivity index (χ1n) is 9.34. The van der Waals surface area contributed by atoms with Crippen LogP contribution in [0, 0.1) is 12.7 Å². The van der Waals surface area contributed by atoms with Gasteiger partial charge in [0.25, 0.3) is 5.91 Å². The highest BCUT2D eigenvalue weighted by molar-refractivity contribution is 6.03. The van der Waals surface area contributed by atoms with Gasteiger partial charge in [-0.3, -0.25) is 9.59 Å². The Morgan fingerprint density at radius 3 is 2.55 bits per heavy atom. The van der Waals surface area contributed by atoms with E-state index in [1.54, 1.807) is 18.2 Å². The Morgan fingerprint density at radius 2 is 1.90 bits per heavy atom. The van der Waals surface area contributed by atoms with Gasteiger partial charge in [0.2, 0.25) is 5.91 Å². The van der Waals surface area contributed by atoms with E-state index in [2.05, 4.69) is 5.10 Å². The molecule has 1 aliphatic heterocycles. The van der Waals surface area contributed by atoms with Crippen molar-refractivity contribution in [3.8, 4) is 0 Å². The van der Waals surface area contributed by atoms with Gasteiger partial charge in [0.05, 0.1) is 11.8 Å². The molecule has 6 nitrogen and oxygen atoms in total. The maximum absolute atomic E-state index is 14.3. The SMILES string of the molecule is COCC(=O)N(C)CC(=O)N1N=C(c2ccccc2F)C[C@H]1c1ccc(C)cc1. The summed E-state index contributed by atoms with van der Waals surface area (Å²) in [6, 6.07) is 13.8. The van der Waals surface area contributed by atoms with E-state index in [1.165, 1.54) is 30.1 Å². The maximum Gasteiger partial charge on any atom is 0.262 e. The number of hydrogen-bond acceptors (Lipinski definition) is 4. The molecule has 0 saturated heterocycles. The number of amides is 2. The minimum absolute atomic E-state index is 0.102. The molecule has 0 aromatic heterocycles. The first-order valence-corrected chi connectivity index (χ1v) is 9.34. The van der Waals surface area contributed by atoms with Crippen LogP contribution in [0.4, 0.5) is 4.39 Å². The van der Waals surface area contributed by atoms with Gasteiger partial charge in [-0.2, -0.15) is 5.10 Å². The smallest absolute Gasteiger partial charge is 0.262 e. The van der Waals surface area contributed by atoms with Crippen LogP contribution in [0.2, 0.25) is 0 Å². The fraction of sp³-hybridized carbons (Fsp3) is 0.318. The highest BCUT2D eigenvalue weighted by atomic mass is 19.1. The van der Waals surface area contributed by atoms with E-state index in [9.17, 15) is 14.0 Å². The Kier molecular flexibility index (Phi) is 6.39. The molecule has 0 unspecified atom stereocenters. The number of nitrogens with zero attached hydrogens (tertiary/aromatic N) is 3. The topological polar surface area (TPSA) is 62.2 Å². The summed E-state index contributed by atoms with van der Waals surface area (Å²) >= 11 is 0. The van der Waals surface area contributed by atoms with Crippen molar-refractivity contribution in [1.29, 1.82) is 0 Å². The van der Waals surface area contributed by atoms with Crippen molar-refractivity contribution in [3.63, 3.8) is 0 Å². The number of rotatable bonds is 6. The molecule has 0 spiro atoms. The Balaban J connectivity index is 1.89. The predicted molar refractivity (Wildman–Crippen MR) is 108 cm³/mol. The summed E-state index contributed by atoms with van der Waals surface area (Å²) in [6.45, 7) is 1.74. The molecular formula is C22H24FN3O3. The number of benzene rings is 2. The molecular weight excluding hydrogens is 373 g/mol. The van der Waals surface area contributed by atoms with Crippen molar-refractivity contribution in [1.82, 2.24) is 9.91 Å². The lowest BCUT2D eigenvalue weighted by molar-refractivity contribution is -0.142. The summed E-state index contributed by atoms with van der Waals surface area (Å²) in [5.41, 5.74) is 2.89. The van der Waals surface area contributed by atoms with Crippen LogP contribution in [0.1, 0.15) is 29.2 Å². The van der Waals surface area contributed by atoms with Crippen molar-refractivity contribution in [2.24, 2.45) is 5.10 Å². The zero-order chi connectivity index (χ0) is 21.0. The molecule has 2 aromatic carbocycles. The standard InChI is InChI=1S/C22H24FN3O3/c1-15-8-10-16(11-9-15)20-12-19(17-6-4-5-7-18(17)23)24-26(20)21(27)13-25(2)22(28)14-29-3/h4-11,20H,12-14H2,1-3H3/t20-/m0/s1. The number of methoxy groups -OCH3 is 1. The van der Waals surface area contributed by atoms with Crippen LogP contribution >= 0.6 is 0 Å². The number of hydrazone groups is 1. The lowest BCUT2D eigenvalue weighted by atomic mass is 9.97. The minimum Gasteiger partial charge on any atom is -0.375 e. The van der Waals surface area contributed by atoms with Crippen LogP contribution in [0.25, 0.3) is 0 Å². The van der Waals surface area contributed by atoms with E-state index < -0.39 is 0 Å². The third-order valence-corrected chi connectivity index (χ3v) is 4.88. The van der Waals surface area contributed by atoms with Gasteiger partial charge >= 0.3 is 0 Å². The Morgan fingerprint density at radius 1 is 1.21 bits per heavy atom. The lowest BCUT2D eigenvalue weighted by Gasteiger charge is -2.25. The van der Waals surface area contributed by atoms with Gasteiger partial charge in [-0.05, 0) is 18.6 Å². The molecule has 1 atom stereocenters. The van der Waals surface area contributed by atoms with E-state index in [0.29, 0.717) is 17.7 Å². The molecule has 2 amide bonds. The number of halogens is 1. The number of carbonyl (C=O) groups excluding carboxylic acids is 2. The average molecular weight is 397 g/mol. The van der Waals surface area contributed by atoms with Crippen LogP contribution in [0.3, 0.4) is 0 Å². The minimum atomic E-state index is -0.379. The number of likely N-dealkylation sites (N-methyl/N-ethyl adjacent to an activating group) is 1. The highest BCUT2D eigenvalue weighted by Gasteiger charge is 2.34. The summed E-state index contributed by atoms with van der Waals surface area (Å²) in [6.07, 6.45) is 0.394. The molecule has 0 N–H and O–H groups in total. The van der Waals surface area contributed by atoms with Gasteiger partial charge in [0.15, 0.2) is 0 Å². The predicted octanol–water partition coefficient (Wildman–Crippen LogP) is 2.92. The van der Waals surface area contributed by atoms with E-state index in [4.69, 9.17) is 4.74 Å². The van der Waals surface area contributed by atoms with Gasteiger partial charge in [0.1, 0.15) is 19.0 Å². The molecule has 0 bridgehead atoms. The average Bonchev–Trinajstić information content (AvgIpc) is 3.14. The van der Waals surface area contributed by atoms with Crippen molar-refractivity contribution >= 4 is 17.5 Å². The Hall–Kier alpha value is -3.06. The summed E-state index contributed by atoms with van der Waals surface area (Å²) < 4.78 is 19.1. The van der Waals surface area contributed by atoms with E-state index in [-0.39, 0.29) is 36.8 Å². The molecule has 29 heavy (non-hydrogen) atoms. The van der Waals surface area contributed by atoms with E-state index in [0.717, 1.165) is 11.1 Å². The molecule has 0 radical (unpaired) electrons. The number of aryl methyl sites for hydroxylation is 1. The monoisotopic (exact) mass is 397 g/mol. The third kappa shape index (κ3) is 4.68. The van der Waals surface area contributed by atoms with Crippen LogP contribution < -0.4 is 0 Å². The maximum atomic E-state index is 14.3. The first kappa shape index (κ1) is 20.7. The van der Waals surface area contributed by atoms with Crippen molar-refractivity contribution in [3.05, 3.63) is 71.0 Å². The van der Waals surface area contributed by atoms with Gasteiger partial charge < -0.3 is 9.64 Å². The molecule has 1 aliphatic rings. The van der Waals surface area contributed by atoms with Gasteiger partial charge in [0, 0.05) is 26.1 Å². The fourth-order valence-corrected chi connectivity index (χ4v) is 3.24. The summed E-state index contributed by atoms with van der Waals surface area (Å²) in [7, 11) is 2.96. The zero-order valence-electron chi connectivity index (χ0n) is 16.8. The second-order valence-electron chi connectivity index (χ2n) is 7.08. The fourth-order valence-electron chi connectivity index (χ4n) is 3.24. The quantitative estimate of drug-likeness (QED) is 0.753. The molecule has 152 valence electrons. The lowest BCUT2D eigenvalue weighted by Crippen LogP contribution is -2.40. The van der Waals surface area contributed by atoms with Crippen molar-refractivity contribution in [2.75, 3.05) is 27.3 Å². The second-order valence-corrected chi connectivity index (χ2v) is 7.08. The van der Waals surface area contributed by atoms with Gasteiger partial charge in [-0.1, -0.05) is 48.0 Å².